The summed E-state index contributed by atoms with van der Waals surface area (Å²) in [6.07, 6.45) is 3.75. The first-order valence-corrected chi connectivity index (χ1v) is 13.6. The molecular weight excluding hydrogens is 512 g/mol. The van der Waals surface area contributed by atoms with Crippen LogP contribution in [0.4, 0.5) is 5.69 Å². The number of amides is 2. The van der Waals surface area contributed by atoms with Crippen LogP contribution in [-0.2, 0) is 19.6 Å². The molecule has 0 bridgehead atoms. The van der Waals surface area contributed by atoms with E-state index in [1.807, 2.05) is 13.8 Å². The van der Waals surface area contributed by atoms with Crippen LogP contribution in [-0.4, -0.2) is 52.2 Å². The summed E-state index contributed by atoms with van der Waals surface area (Å²) in [4.78, 5) is 36.4. The second-order valence-corrected chi connectivity index (χ2v) is 11.6. The molecule has 0 aromatic heterocycles. The van der Waals surface area contributed by atoms with Crippen LogP contribution in [0.5, 0.6) is 5.75 Å². The van der Waals surface area contributed by atoms with E-state index in [-0.39, 0.29) is 22.3 Å². The van der Waals surface area contributed by atoms with E-state index in [1.165, 1.54) is 18.3 Å². The Morgan fingerprint density at radius 3 is 2.29 bits per heavy atom. The summed E-state index contributed by atoms with van der Waals surface area (Å²) in [5.41, 5.74) is -0.511. The number of nitrogens with one attached hydrogen (secondary N) is 2. The molecule has 0 radical (unpaired) electrons. The van der Waals surface area contributed by atoms with Gasteiger partial charge >= 0.3 is 0 Å². The van der Waals surface area contributed by atoms with Gasteiger partial charge in [-0.3, -0.25) is 19.7 Å². The average Bonchev–Trinajstić information content (AvgIpc) is 3.51. The highest BCUT2D eigenvalue weighted by Gasteiger charge is 2.68. The van der Waals surface area contributed by atoms with Gasteiger partial charge in [0.15, 0.2) is 0 Å². The molecule has 1 saturated heterocycles. The zero-order chi connectivity index (χ0) is 28.3. The largest absolute Gasteiger partial charge is 0.508 e. The van der Waals surface area contributed by atoms with Crippen molar-refractivity contribution in [2.75, 3.05) is 0 Å². The highest BCUT2D eigenvalue weighted by atomic mass is 32.2. The summed E-state index contributed by atoms with van der Waals surface area (Å²) in [6, 6.07) is 8.92. The van der Waals surface area contributed by atoms with Gasteiger partial charge in [-0.15, -0.1) is 0 Å². The Morgan fingerprint density at radius 1 is 1.16 bits per heavy atom. The standard InChI is InChI=1S/C26H32N4O7S/c1-5-26(4)23(29(26)38(36,37)21-12-8-19(9-13-21)30(34)35)25(33)28-22(16-17(2)3)24(32)27-15-14-18-6-10-20(31)11-7-18/h6-15,17,22-23,31H,5,16H2,1-4H3,(H,27,32)(H,28,33)/b15-14-/t22-,23+,26-,29?/m0/s1. The third-order valence-electron chi connectivity index (χ3n) is 6.56. The molecule has 38 heavy (non-hydrogen) atoms. The third kappa shape index (κ3) is 6.20. The molecule has 204 valence electrons. The van der Waals surface area contributed by atoms with Gasteiger partial charge in [-0.25, -0.2) is 8.42 Å². The van der Waals surface area contributed by atoms with Crippen LogP contribution >= 0.6 is 0 Å². The number of benzene rings is 2. The maximum atomic E-state index is 13.3. The summed E-state index contributed by atoms with van der Waals surface area (Å²) in [5.74, 6) is -0.868. The minimum absolute atomic E-state index is 0.0591. The maximum Gasteiger partial charge on any atom is 0.269 e. The van der Waals surface area contributed by atoms with E-state index >= 15 is 0 Å². The highest BCUT2D eigenvalue weighted by molar-refractivity contribution is 7.89. The molecule has 11 nitrogen and oxygen atoms in total. The van der Waals surface area contributed by atoms with Crippen LogP contribution in [0.2, 0.25) is 0 Å². The van der Waals surface area contributed by atoms with Gasteiger partial charge in [-0.2, -0.15) is 4.31 Å². The Labute approximate surface area is 221 Å². The number of hydrogen-bond donors (Lipinski definition) is 3. The van der Waals surface area contributed by atoms with Gasteiger partial charge in [0, 0.05) is 18.3 Å². The van der Waals surface area contributed by atoms with Gasteiger partial charge in [0.05, 0.1) is 15.4 Å². The van der Waals surface area contributed by atoms with Crippen LogP contribution in [0.3, 0.4) is 0 Å². The van der Waals surface area contributed by atoms with Crippen molar-refractivity contribution in [2.24, 2.45) is 5.92 Å². The van der Waals surface area contributed by atoms with E-state index in [1.54, 1.807) is 32.1 Å². The Bertz CT molecular complexity index is 1320. The zero-order valence-corrected chi connectivity index (χ0v) is 22.4. The smallest absolute Gasteiger partial charge is 0.269 e. The fourth-order valence-corrected chi connectivity index (χ4v) is 6.30. The fraction of sp³-hybridized carbons (Fsp3) is 0.385. The van der Waals surface area contributed by atoms with Crippen molar-refractivity contribution in [3.63, 3.8) is 0 Å². The van der Waals surface area contributed by atoms with E-state index in [4.69, 9.17) is 0 Å². The molecule has 2 amide bonds. The summed E-state index contributed by atoms with van der Waals surface area (Å²) >= 11 is 0. The van der Waals surface area contributed by atoms with E-state index in [2.05, 4.69) is 10.6 Å². The molecule has 0 saturated carbocycles. The quantitative estimate of drug-likeness (QED) is 0.223. The molecule has 1 aliphatic heterocycles. The van der Waals surface area contributed by atoms with Crippen molar-refractivity contribution in [1.82, 2.24) is 14.9 Å². The van der Waals surface area contributed by atoms with Crippen LogP contribution in [0, 0.1) is 16.0 Å². The molecule has 1 heterocycles. The van der Waals surface area contributed by atoms with Gasteiger partial charge in [0.25, 0.3) is 5.69 Å². The summed E-state index contributed by atoms with van der Waals surface area (Å²) < 4.78 is 27.8. The van der Waals surface area contributed by atoms with Crippen LogP contribution in [0.1, 0.15) is 46.1 Å². The first-order chi connectivity index (χ1) is 17.8. The Hall–Kier alpha value is -3.77. The van der Waals surface area contributed by atoms with Crippen LogP contribution in [0.15, 0.2) is 59.6 Å². The van der Waals surface area contributed by atoms with E-state index in [0.29, 0.717) is 12.8 Å². The number of phenolic OH excluding ortho intramolecular Hbond substituents is 1. The lowest BCUT2D eigenvalue weighted by Crippen LogP contribution is -2.48. The number of aromatic hydroxyl groups is 1. The number of sulfonamides is 1. The molecule has 3 N–H and O–H groups in total. The highest BCUT2D eigenvalue weighted by Crippen LogP contribution is 2.48. The number of carbonyl (C=O) groups excluding carboxylic acids is 2. The Morgan fingerprint density at radius 2 is 1.76 bits per heavy atom. The topological polar surface area (TPSA) is 159 Å². The molecule has 4 atom stereocenters. The maximum absolute atomic E-state index is 13.3. The number of nitro groups is 1. The molecule has 1 fully saturated rings. The van der Waals surface area contributed by atoms with Crippen molar-refractivity contribution in [3.8, 4) is 5.75 Å². The van der Waals surface area contributed by atoms with Gasteiger partial charge in [0.2, 0.25) is 21.8 Å². The molecule has 12 heteroatoms. The predicted octanol–water partition coefficient (Wildman–Crippen LogP) is 3.16. The van der Waals surface area contributed by atoms with Gasteiger partial charge in [0.1, 0.15) is 17.8 Å². The summed E-state index contributed by atoms with van der Waals surface area (Å²) in [5, 5.41) is 25.7. The lowest BCUT2D eigenvalue weighted by atomic mass is 10.0. The third-order valence-corrected chi connectivity index (χ3v) is 8.58. The van der Waals surface area contributed by atoms with Gasteiger partial charge in [-0.05, 0) is 61.6 Å². The lowest BCUT2D eigenvalue weighted by molar-refractivity contribution is -0.384. The SMILES string of the molecule is CC[C@@]1(C)[C@@H](C(=O)N[C@@H](CC(C)C)C(=O)N/C=C\c2ccc(O)cc2)N1S(=O)(=O)c1ccc([N+](=O)[O-])cc1. The van der Waals surface area contributed by atoms with Crippen molar-refractivity contribution in [2.45, 2.75) is 63.1 Å². The van der Waals surface area contributed by atoms with Crippen molar-refractivity contribution in [3.05, 3.63) is 70.4 Å². The minimum Gasteiger partial charge on any atom is -0.508 e. The average molecular weight is 545 g/mol. The number of phenols is 1. The molecule has 0 aliphatic carbocycles. The molecule has 3 rings (SSSR count). The number of hydrogen-bond acceptors (Lipinski definition) is 7. The monoisotopic (exact) mass is 544 g/mol. The lowest BCUT2D eigenvalue weighted by Gasteiger charge is -2.19. The first kappa shape index (κ1) is 28.8. The molecule has 2 aromatic carbocycles. The van der Waals surface area contributed by atoms with E-state index in [0.717, 1.165) is 34.1 Å². The first-order valence-electron chi connectivity index (χ1n) is 12.2. The van der Waals surface area contributed by atoms with Gasteiger partial charge < -0.3 is 15.7 Å². The molecule has 2 aromatic rings. The van der Waals surface area contributed by atoms with Gasteiger partial charge in [-0.1, -0.05) is 32.9 Å². The number of nitro benzene ring substituents is 1. The van der Waals surface area contributed by atoms with E-state index in [9.17, 15) is 33.2 Å². The normalized spacial score (nSPS) is 21.7. The summed E-state index contributed by atoms with van der Waals surface area (Å²) in [7, 11) is -4.13. The number of rotatable bonds is 11. The number of non-ortho nitro benzene ring substituents is 1. The Balaban J connectivity index is 1.75. The fourth-order valence-electron chi connectivity index (χ4n) is 4.26. The van der Waals surface area contributed by atoms with E-state index < -0.39 is 44.4 Å². The second-order valence-electron chi connectivity index (χ2n) is 9.79. The predicted molar refractivity (Wildman–Crippen MR) is 141 cm³/mol. The molecule has 1 unspecified atom stereocenters. The van der Waals surface area contributed by atoms with Crippen molar-refractivity contribution < 1.29 is 28.0 Å². The Kier molecular flexibility index (Phi) is 8.58. The molecule has 0 spiro atoms. The number of nitrogens with zero attached hydrogens (tertiary/aromatic N) is 2. The minimum atomic E-state index is -4.13. The van der Waals surface area contributed by atoms with Crippen LogP contribution < -0.4 is 10.6 Å². The van der Waals surface area contributed by atoms with Crippen molar-refractivity contribution >= 4 is 33.6 Å². The molecular formula is C26H32N4O7S. The zero-order valence-electron chi connectivity index (χ0n) is 21.6. The van der Waals surface area contributed by atoms with Crippen molar-refractivity contribution in [1.29, 1.82) is 0 Å². The van der Waals surface area contributed by atoms with Crippen LogP contribution in [0.25, 0.3) is 6.08 Å². The molecule has 1 aliphatic rings. The second kappa shape index (κ2) is 11.3. The summed E-state index contributed by atoms with van der Waals surface area (Å²) in [6.45, 7) is 7.21. The number of carbonyl (C=O) groups is 2.